The summed E-state index contributed by atoms with van der Waals surface area (Å²) >= 11 is 0. The fourth-order valence-corrected chi connectivity index (χ4v) is 4.31. The number of nitrogens with one attached hydrogen (secondary N) is 1. The summed E-state index contributed by atoms with van der Waals surface area (Å²) in [5, 5.41) is 4.03. The summed E-state index contributed by atoms with van der Waals surface area (Å²) < 4.78 is 22.9. The Hall–Kier alpha value is -3.19. The Morgan fingerprint density at radius 2 is 1.90 bits per heavy atom. The monoisotopic (exact) mass is 410 g/mol. The van der Waals surface area contributed by atoms with Crippen LogP contribution in [0.4, 0.5) is 0 Å². The van der Waals surface area contributed by atoms with Gasteiger partial charge in [-0.3, -0.25) is 4.79 Å². The summed E-state index contributed by atoms with van der Waals surface area (Å²) in [5.74, 6) is 2.39. The molecule has 3 N–H and O–H groups in total. The number of fused-ring (bicyclic) bond motifs is 4. The van der Waals surface area contributed by atoms with Gasteiger partial charge in [0.1, 0.15) is 11.3 Å². The van der Waals surface area contributed by atoms with Gasteiger partial charge in [-0.1, -0.05) is 0 Å². The molecule has 1 aliphatic rings. The minimum Gasteiger partial charge on any atom is -0.493 e. The molecule has 3 aromatic rings. The second-order valence-electron chi connectivity index (χ2n) is 7.37. The molecule has 2 aromatic carbocycles. The van der Waals surface area contributed by atoms with E-state index in [9.17, 15) is 4.79 Å². The average molecular weight is 410 g/mol. The highest BCUT2D eigenvalue weighted by Crippen LogP contribution is 2.51. The minimum atomic E-state index is -0.164. The third kappa shape index (κ3) is 3.25. The Bertz CT molecular complexity index is 1120. The number of methoxy groups -OCH3 is 3. The quantitative estimate of drug-likeness (QED) is 0.666. The van der Waals surface area contributed by atoms with Crippen LogP contribution in [0.15, 0.2) is 28.7 Å². The number of furan rings is 1. The van der Waals surface area contributed by atoms with Crippen molar-refractivity contribution in [2.45, 2.75) is 32.4 Å². The molecular weight excluding hydrogens is 384 g/mol. The SMILES string of the molecule is COc1cc2c(c(OC)c1OC)-c1cc3cc(CN)oc3cc1[C@@H](NC(C)=O)CC2. The number of hydrogen-bond acceptors (Lipinski definition) is 6. The molecular formula is C23H26N2O5. The van der Waals surface area contributed by atoms with E-state index < -0.39 is 0 Å². The van der Waals surface area contributed by atoms with E-state index in [-0.39, 0.29) is 11.9 Å². The van der Waals surface area contributed by atoms with Crippen molar-refractivity contribution in [2.24, 2.45) is 5.73 Å². The van der Waals surface area contributed by atoms with Crippen LogP contribution in [0, 0.1) is 0 Å². The lowest BCUT2D eigenvalue weighted by Crippen LogP contribution is -2.26. The molecule has 0 bridgehead atoms. The first-order valence-corrected chi connectivity index (χ1v) is 9.86. The maximum Gasteiger partial charge on any atom is 0.217 e. The van der Waals surface area contributed by atoms with Crippen LogP contribution in [0.25, 0.3) is 22.1 Å². The zero-order valence-corrected chi connectivity index (χ0v) is 17.6. The zero-order chi connectivity index (χ0) is 21.4. The van der Waals surface area contributed by atoms with Crippen molar-refractivity contribution in [1.29, 1.82) is 0 Å². The van der Waals surface area contributed by atoms with Crippen molar-refractivity contribution in [3.63, 3.8) is 0 Å². The van der Waals surface area contributed by atoms with Crippen LogP contribution in [-0.2, 0) is 17.8 Å². The Balaban J connectivity index is 2.05. The van der Waals surface area contributed by atoms with Crippen LogP contribution >= 0.6 is 0 Å². The molecule has 0 spiro atoms. The van der Waals surface area contributed by atoms with Crippen molar-refractivity contribution in [3.05, 3.63) is 41.2 Å². The van der Waals surface area contributed by atoms with E-state index in [0.717, 1.165) is 46.1 Å². The van der Waals surface area contributed by atoms with Gasteiger partial charge < -0.3 is 29.7 Å². The number of nitrogens with two attached hydrogens (primary N) is 1. The molecule has 7 nitrogen and oxygen atoms in total. The molecule has 30 heavy (non-hydrogen) atoms. The Labute approximate surface area is 175 Å². The van der Waals surface area contributed by atoms with E-state index in [1.165, 1.54) is 6.92 Å². The van der Waals surface area contributed by atoms with Crippen molar-refractivity contribution >= 4 is 16.9 Å². The Morgan fingerprint density at radius 1 is 1.13 bits per heavy atom. The maximum atomic E-state index is 11.9. The highest BCUT2D eigenvalue weighted by Gasteiger charge is 2.30. The fraction of sp³-hybridized carbons (Fsp3) is 0.348. The van der Waals surface area contributed by atoms with Gasteiger partial charge in [0, 0.05) is 17.9 Å². The molecule has 1 aromatic heterocycles. The molecule has 1 amide bonds. The van der Waals surface area contributed by atoms with E-state index in [1.807, 2.05) is 18.2 Å². The second-order valence-corrected chi connectivity index (χ2v) is 7.37. The molecule has 4 rings (SSSR count). The van der Waals surface area contributed by atoms with Crippen molar-refractivity contribution < 1.29 is 23.4 Å². The maximum absolute atomic E-state index is 11.9. The molecule has 0 fully saturated rings. The third-order valence-electron chi connectivity index (χ3n) is 5.58. The fourth-order valence-electron chi connectivity index (χ4n) is 4.31. The molecule has 0 unspecified atom stereocenters. The van der Waals surface area contributed by atoms with E-state index >= 15 is 0 Å². The highest BCUT2D eigenvalue weighted by molar-refractivity contribution is 5.91. The first kappa shape index (κ1) is 20.1. The average Bonchev–Trinajstić information content (AvgIpc) is 3.10. The number of aryl methyl sites for hydroxylation is 1. The van der Waals surface area contributed by atoms with Gasteiger partial charge in [0.15, 0.2) is 11.5 Å². The first-order chi connectivity index (χ1) is 14.5. The predicted molar refractivity (Wildman–Crippen MR) is 114 cm³/mol. The molecule has 1 heterocycles. The van der Waals surface area contributed by atoms with E-state index in [0.29, 0.717) is 29.6 Å². The number of carbonyl (C=O) groups is 1. The topological polar surface area (TPSA) is 95.9 Å². The molecule has 0 aliphatic heterocycles. The summed E-state index contributed by atoms with van der Waals surface area (Å²) in [5.41, 5.74) is 10.5. The third-order valence-corrected chi connectivity index (χ3v) is 5.58. The van der Waals surface area contributed by atoms with Gasteiger partial charge in [-0.25, -0.2) is 0 Å². The number of benzene rings is 2. The summed E-state index contributed by atoms with van der Waals surface area (Å²) in [6.45, 7) is 1.85. The number of carbonyl (C=O) groups excluding carboxylic acids is 1. The Morgan fingerprint density at radius 3 is 2.53 bits per heavy atom. The molecule has 1 aliphatic carbocycles. The van der Waals surface area contributed by atoms with Gasteiger partial charge >= 0.3 is 0 Å². The zero-order valence-electron chi connectivity index (χ0n) is 17.6. The van der Waals surface area contributed by atoms with Gasteiger partial charge in [0.2, 0.25) is 11.7 Å². The van der Waals surface area contributed by atoms with Gasteiger partial charge in [-0.05, 0) is 53.8 Å². The standard InChI is InChI=1S/C23H26N2O5/c1-12(26)25-18-6-5-13-9-20(27-2)22(28-3)23(29-4)21(13)17-8-14-7-15(11-24)30-19(14)10-16(17)18/h7-10,18H,5-6,11,24H2,1-4H3,(H,25,26)/t18-/m0/s1. The van der Waals surface area contributed by atoms with Crippen LogP contribution in [-0.4, -0.2) is 27.2 Å². The first-order valence-electron chi connectivity index (χ1n) is 9.86. The number of amides is 1. The van der Waals surface area contributed by atoms with Crippen LogP contribution in [0.3, 0.4) is 0 Å². The normalized spacial score (nSPS) is 15.2. The molecule has 7 heteroatoms. The van der Waals surface area contributed by atoms with Crippen molar-refractivity contribution in [2.75, 3.05) is 21.3 Å². The lowest BCUT2D eigenvalue weighted by molar-refractivity contribution is -0.119. The lowest BCUT2D eigenvalue weighted by atomic mass is 9.92. The Kier molecular flexibility index (Phi) is 5.30. The second kappa shape index (κ2) is 7.91. The van der Waals surface area contributed by atoms with Crippen molar-refractivity contribution in [1.82, 2.24) is 5.32 Å². The molecule has 0 radical (unpaired) electrons. The van der Waals surface area contributed by atoms with Crippen molar-refractivity contribution in [3.8, 4) is 28.4 Å². The van der Waals surface area contributed by atoms with Gasteiger partial charge in [0.05, 0.1) is 33.9 Å². The smallest absolute Gasteiger partial charge is 0.217 e. The summed E-state index contributed by atoms with van der Waals surface area (Å²) in [7, 11) is 4.82. The molecule has 0 saturated heterocycles. The van der Waals surface area contributed by atoms with E-state index in [2.05, 4.69) is 11.4 Å². The van der Waals surface area contributed by atoms with Crippen LogP contribution in [0.5, 0.6) is 17.2 Å². The molecule has 0 saturated carbocycles. The van der Waals surface area contributed by atoms with Gasteiger partial charge in [-0.2, -0.15) is 0 Å². The highest BCUT2D eigenvalue weighted by atomic mass is 16.5. The van der Waals surface area contributed by atoms with Gasteiger partial charge in [-0.15, -0.1) is 0 Å². The summed E-state index contributed by atoms with van der Waals surface area (Å²) in [6, 6.07) is 7.83. The molecule has 1 atom stereocenters. The van der Waals surface area contributed by atoms with Crippen LogP contribution in [0.2, 0.25) is 0 Å². The molecule has 158 valence electrons. The predicted octanol–water partition coefficient (Wildman–Crippen LogP) is 3.71. The van der Waals surface area contributed by atoms with Crippen LogP contribution in [0.1, 0.15) is 36.3 Å². The number of ether oxygens (including phenoxy) is 3. The number of rotatable bonds is 5. The number of hydrogen-bond donors (Lipinski definition) is 2. The van der Waals surface area contributed by atoms with Crippen LogP contribution < -0.4 is 25.3 Å². The summed E-state index contributed by atoms with van der Waals surface area (Å²) in [6.07, 6.45) is 1.47. The lowest BCUT2D eigenvalue weighted by Gasteiger charge is -2.21. The minimum absolute atomic E-state index is 0.0822. The largest absolute Gasteiger partial charge is 0.493 e. The van der Waals surface area contributed by atoms with E-state index in [4.69, 9.17) is 24.4 Å². The van der Waals surface area contributed by atoms with Gasteiger partial charge in [0.25, 0.3) is 0 Å². The van der Waals surface area contributed by atoms with E-state index in [1.54, 1.807) is 21.3 Å². The summed E-state index contributed by atoms with van der Waals surface area (Å²) in [4.78, 5) is 11.9.